The molecule has 1 aromatic carbocycles. The molecule has 7 heteroatoms. The Morgan fingerprint density at radius 1 is 0.967 bits per heavy atom. The molecule has 6 nitrogen and oxygen atoms in total. The molecule has 4 aromatic heterocycles. The van der Waals surface area contributed by atoms with Crippen LogP contribution < -0.4 is 5.32 Å². The second-order valence-corrected chi connectivity index (χ2v) is 8.18. The predicted molar refractivity (Wildman–Crippen MR) is 121 cm³/mol. The molecule has 0 aliphatic rings. The molecule has 148 valence electrons. The number of aryl methyl sites for hydroxylation is 2. The lowest BCUT2D eigenvalue weighted by Gasteiger charge is -2.03. The number of benzene rings is 1. The van der Waals surface area contributed by atoms with Gasteiger partial charge in [0.2, 0.25) is 0 Å². The monoisotopic (exact) mass is 412 g/mol. The van der Waals surface area contributed by atoms with E-state index in [0.29, 0.717) is 0 Å². The molecule has 0 atom stereocenters. The summed E-state index contributed by atoms with van der Waals surface area (Å²) in [5.74, 6) is 0. The van der Waals surface area contributed by atoms with Gasteiger partial charge in [-0.2, -0.15) is 5.10 Å². The van der Waals surface area contributed by atoms with Gasteiger partial charge in [-0.1, -0.05) is 47.2 Å². The predicted octanol–water partition coefficient (Wildman–Crippen LogP) is 5.14. The van der Waals surface area contributed by atoms with E-state index in [-0.39, 0.29) is 0 Å². The zero-order valence-electron chi connectivity index (χ0n) is 16.7. The Morgan fingerprint density at radius 3 is 2.67 bits per heavy atom. The first-order valence-electron chi connectivity index (χ1n) is 9.70. The molecule has 5 rings (SSSR count). The molecule has 0 bridgehead atoms. The van der Waals surface area contributed by atoms with Gasteiger partial charge in [0.1, 0.15) is 12.0 Å². The van der Waals surface area contributed by atoms with Crippen molar-refractivity contribution in [3.8, 4) is 21.8 Å². The minimum Gasteiger partial charge on any atom is -0.357 e. The number of anilines is 1. The molecular weight excluding hydrogens is 392 g/mol. The molecule has 0 amide bonds. The van der Waals surface area contributed by atoms with E-state index in [4.69, 9.17) is 9.97 Å². The fraction of sp³-hybridized carbons (Fsp3) is 0.130. The first kappa shape index (κ1) is 18.4. The van der Waals surface area contributed by atoms with Crippen molar-refractivity contribution in [2.24, 2.45) is 0 Å². The molecular formula is C23H20N6S. The van der Waals surface area contributed by atoms with Gasteiger partial charge in [0.25, 0.3) is 0 Å². The maximum Gasteiger partial charge on any atom is 0.184 e. The molecule has 5 aromatic rings. The Labute approximate surface area is 178 Å². The van der Waals surface area contributed by atoms with Crippen LogP contribution in [-0.2, 0) is 6.54 Å². The van der Waals surface area contributed by atoms with Crippen LogP contribution in [0, 0.1) is 13.8 Å². The summed E-state index contributed by atoms with van der Waals surface area (Å²) >= 11 is 1.62. The highest BCUT2D eigenvalue weighted by Gasteiger charge is 2.17. The van der Waals surface area contributed by atoms with Gasteiger partial charge in [-0.25, -0.2) is 14.5 Å². The zero-order valence-corrected chi connectivity index (χ0v) is 17.5. The van der Waals surface area contributed by atoms with Crippen molar-refractivity contribution in [2.45, 2.75) is 20.4 Å². The Morgan fingerprint density at radius 2 is 1.83 bits per heavy atom. The summed E-state index contributed by atoms with van der Waals surface area (Å²) in [5.41, 5.74) is 7.02. The Bertz CT molecular complexity index is 1320. The van der Waals surface area contributed by atoms with E-state index in [1.54, 1.807) is 22.2 Å². The number of pyridine rings is 2. The number of hydrogen-bond donors (Lipinski definition) is 1. The molecule has 4 heterocycles. The molecule has 0 fully saturated rings. The fourth-order valence-corrected chi connectivity index (χ4v) is 4.23. The molecule has 0 unspecified atom stereocenters. The second-order valence-electron chi connectivity index (χ2n) is 7.18. The number of thiazole rings is 1. The minimum absolute atomic E-state index is 0.718. The van der Waals surface area contributed by atoms with Crippen molar-refractivity contribution in [3.05, 3.63) is 83.9 Å². The normalized spacial score (nSPS) is 11.1. The van der Waals surface area contributed by atoms with Crippen molar-refractivity contribution in [1.29, 1.82) is 0 Å². The largest absolute Gasteiger partial charge is 0.357 e. The van der Waals surface area contributed by atoms with E-state index in [9.17, 15) is 0 Å². The van der Waals surface area contributed by atoms with Gasteiger partial charge in [0.05, 0.1) is 10.6 Å². The highest BCUT2D eigenvalue weighted by atomic mass is 32.1. The quantitative estimate of drug-likeness (QED) is 0.433. The third-order valence-electron chi connectivity index (χ3n) is 4.86. The highest BCUT2D eigenvalue weighted by molar-refractivity contribution is 7.19. The number of nitrogens with zero attached hydrogens (tertiary/aromatic N) is 5. The number of aromatic nitrogens is 5. The average molecular weight is 413 g/mol. The Hall–Kier alpha value is -3.58. The topological polar surface area (TPSA) is 68.0 Å². The molecule has 0 aliphatic carbocycles. The summed E-state index contributed by atoms with van der Waals surface area (Å²) in [7, 11) is 0. The first-order chi connectivity index (χ1) is 14.7. The van der Waals surface area contributed by atoms with Crippen LogP contribution in [-0.4, -0.2) is 24.6 Å². The maximum atomic E-state index is 4.90. The summed E-state index contributed by atoms with van der Waals surface area (Å²) in [6.45, 7) is 4.81. The molecule has 0 saturated carbocycles. The van der Waals surface area contributed by atoms with Gasteiger partial charge in [-0.05, 0) is 43.7 Å². The van der Waals surface area contributed by atoms with E-state index in [0.717, 1.165) is 44.8 Å². The number of hydrogen-bond acceptors (Lipinski definition) is 6. The molecule has 0 spiro atoms. The van der Waals surface area contributed by atoms with Crippen LogP contribution in [0.1, 0.15) is 16.8 Å². The zero-order chi connectivity index (χ0) is 20.5. The summed E-state index contributed by atoms with van der Waals surface area (Å²) < 4.78 is 1.78. The van der Waals surface area contributed by atoms with Crippen LogP contribution in [0.3, 0.4) is 0 Å². The summed E-state index contributed by atoms with van der Waals surface area (Å²) in [6.07, 6.45) is 3.54. The summed E-state index contributed by atoms with van der Waals surface area (Å²) in [5, 5.41) is 8.61. The van der Waals surface area contributed by atoms with E-state index < -0.39 is 0 Å². The van der Waals surface area contributed by atoms with Crippen LogP contribution >= 0.6 is 11.3 Å². The number of fused-ring (bicyclic) bond motifs is 1. The van der Waals surface area contributed by atoms with Gasteiger partial charge in [0, 0.05) is 24.0 Å². The van der Waals surface area contributed by atoms with Crippen LogP contribution in [0.15, 0.2) is 67.1 Å². The lowest BCUT2D eigenvalue weighted by Crippen LogP contribution is -1.98. The van der Waals surface area contributed by atoms with Gasteiger partial charge in [0.15, 0.2) is 10.8 Å². The number of rotatable bonds is 5. The number of nitrogens with one attached hydrogen (secondary N) is 1. The first-order valence-corrected chi connectivity index (χ1v) is 10.5. The van der Waals surface area contributed by atoms with Crippen molar-refractivity contribution >= 4 is 22.1 Å². The third kappa shape index (κ3) is 3.67. The van der Waals surface area contributed by atoms with Gasteiger partial charge in [-0.3, -0.25) is 4.98 Å². The van der Waals surface area contributed by atoms with Gasteiger partial charge < -0.3 is 5.32 Å². The van der Waals surface area contributed by atoms with E-state index in [2.05, 4.69) is 52.7 Å². The van der Waals surface area contributed by atoms with E-state index in [1.165, 1.54) is 11.1 Å². The standard InChI is InChI=1S/C23H20N6S/c1-15-6-8-17(9-7-15)12-24-23-28-21(19-5-3-4-16(2)27-19)22(30-23)18-10-11-20-25-14-26-29(20)13-18/h3-11,13-14H,12H2,1-2H3,(H,24,28). The molecule has 0 radical (unpaired) electrons. The molecule has 0 aliphatic heterocycles. The van der Waals surface area contributed by atoms with E-state index in [1.807, 2.05) is 37.4 Å². The maximum absolute atomic E-state index is 4.90. The van der Waals surface area contributed by atoms with E-state index >= 15 is 0 Å². The molecule has 30 heavy (non-hydrogen) atoms. The van der Waals surface area contributed by atoms with Crippen molar-refractivity contribution < 1.29 is 0 Å². The Balaban J connectivity index is 1.54. The third-order valence-corrected chi connectivity index (χ3v) is 5.92. The lowest BCUT2D eigenvalue weighted by molar-refractivity contribution is 0.963. The van der Waals surface area contributed by atoms with Crippen LogP contribution in [0.5, 0.6) is 0 Å². The minimum atomic E-state index is 0.718. The van der Waals surface area contributed by atoms with Crippen molar-refractivity contribution in [1.82, 2.24) is 24.6 Å². The second kappa shape index (κ2) is 7.68. The SMILES string of the molecule is Cc1ccc(CNc2nc(-c3cccc(C)n3)c(-c3ccc4ncnn4c3)s2)cc1. The van der Waals surface area contributed by atoms with Crippen molar-refractivity contribution in [3.63, 3.8) is 0 Å². The van der Waals surface area contributed by atoms with Gasteiger partial charge in [-0.15, -0.1) is 0 Å². The van der Waals surface area contributed by atoms with Gasteiger partial charge >= 0.3 is 0 Å². The summed E-state index contributed by atoms with van der Waals surface area (Å²) in [4.78, 5) is 14.9. The fourth-order valence-electron chi connectivity index (χ4n) is 3.27. The highest BCUT2D eigenvalue weighted by Crippen LogP contribution is 2.38. The molecule has 0 saturated heterocycles. The lowest BCUT2D eigenvalue weighted by atomic mass is 10.1. The Kier molecular flexibility index (Phi) is 4.72. The van der Waals surface area contributed by atoms with Crippen LogP contribution in [0.2, 0.25) is 0 Å². The smallest absolute Gasteiger partial charge is 0.184 e. The summed E-state index contributed by atoms with van der Waals surface area (Å²) in [6, 6.07) is 18.6. The molecule has 1 N–H and O–H groups in total. The van der Waals surface area contributed by atoms with Crippen molar-refractivity contribution in [2.75, 3.05) is 5.32 Å². The van der Waals surface area contributed by atoms with Crippen LogP contribution in [0.4, 0.5) is 5.13 Å². The van der Waals surface area contributed by atoms with Crippen LogP contribution in [0.25, 0.3) is 27.5 Å². The average Bonchev–Trinajstić information content (AvgIpc) is 3.40.